The first-order chi connectivity index (χ1) is 12.1. The topological polar surface area (TPSA) is 41.1 Å². The van der Waals surface area contributed by atoms with E-state index in [1.807, 2.05) is 12.1 Å². The van der Waals surface area contributed by atoms with Crippen LogP contribution in [0.2, 0.25) is 0 Å². The smallest absolute Gasteiger partial charge is 0.319 e. The number of carbonyl (C=O) groups is 1. The molecule has 0 aromatic heterocycles. The van der Waals surface area contributed by atoms with Crippen LogP contribution in [0.5, 0.6) is 0 Å². The molecule has 0 saturated heterocycles. The second-order valence-corrected chi connectivity index (χ2v) is 6.21. The summed E-state index contributed by atoms with van der Waals surface area (Å²) in [5, 5.41) is 5.71. The van der Waals surface area contributed by atoms with Gasteiger partial charge in [0, 0.05) is 5.70 Å². The van der Waals surface area contributed by atoms with Crippen LogP contribution in [0, 0.1) is 11.6 Å². The van der Waals surface area contributed by atoms with Crippen molar-refractivity contribution in [2.24, 2.45) is 0 Å². The van der Waals surface area contributed by atoms with Gasteiger partial charge in [-0.15, -0.1) is 0 Å². The number of carbonyl (C=O) groups excluding carboxylic acids is 1. The van der Waals surface area contributed by atoms with Crippen molar-refractivity contribution in [2.75, 3.05) is 0 Å². The lowest BCUT2D eigenvalue weighted by molar-refractivity contribution is 0.239. The van der Waals surface area contributed by atoms with E-state index in [0.29, 0.717) is 5.56 Å². The predicted molar refractivity (Wildman–Crippen MR) is 91.4 cm³/mol. The normalized spacial score (nSPS) is 21.1. The van der Waals surface area contributed by atoms with Gasteiger partial charge in [-0.3, -0.25) is 0 Å². The fourth-order valence-corrected chi connectivity index (χ4v) is 3.46. The quantitative estimate of drug-likeness (QED) is 0.834. The highest BCUT2D eigenvalue weighted by molar-refractivity contribution is 5.82. The zero-order valence-corrected chi connectivity index (χ0v) is 13.4. The van der Waals surface area contributed by atoms with Crippen molar-refractivity contribution < 1.29 is 13.6 Å². The molecule has 4 rings (SSSR count). The summed E-state index contributed by atoms with van der Waals surface area (Å²) in [6.45, 7) is 0. The standard InChI is InChI=1S/C20H16F2N2O/c21-15-5-1-3-12(10-15)9-14-7-8-17-18(23-20(25)24-19(14)17)13-4-2-6-16(22)11-13/h1-6,9-11,18H,7-8H2,(H2,23,24,25)/b14-9+. The Kier molecular flexibility index (Phi) is 3.84. The van der Waals surface area contributed by atoms with Crippen molar-refractivity contribution in [3.05, 3.63) is 88.1 Å². The van der Waals surface area contributed by atoms with E-state index in [9.17, 15) is 13.6 Å². The van der Waals surface area contributed by atoms with Gasteiger partial charge in [-0.05, 0) is 65.5 Å². The minimum atomic E-state index is -0.349. The van der Waals surface area contributed by atoms with E-state index in [2.05, 4.69) is 10.6 Å². The summed E-state index contributed by atoms with van der Waals surface area (Å²) >= 11 is 0. The SMILES string of the molecule is O=C1NC2=C(CC/C2=C\c2cccc(F)c2)C(c2cccc(F)c2)N1. The van der Waals surface area contributed by atoms with Gasteiger partial charge in [-0.25, -0.2) is 13.6 Å². The summed E-state index contributed by atoms with van der Waals surface area (Å²) < 4.78 is 27.0. The molecule has 25 heavy (non-hydrogen) atoms. The monoisotopic (exact) mass is 338 g/mol. The van der Waals surface area contributed by atoms with Gasteiger partial charge in [-0.1, -0.05) is 24.3 Å². The number of hydrogen-bond donors (Lipinski definition) is 2. The summed E-state index contributed by atoms with van der Waals surface area (Å²) in [5.41, 5.74) is 4.21. The van der Waals surface area contributed by atoms with E-state index in [-0.39, 0.29) is 23.7 Å². The van der Waals surface area contributed by atoms with E-state index >= 15 is 0 Å². The molecule has 1 atom stereocenters. The summed E-state index contributed by atoms with van der Waals surface area (Å²) in [6.07, 6.45) is 3.39. The van der Waals surface area contributed by atoms with Crippen LogP contribution in [0.1, 0.15) is 30.0 Å². The Morgan fingerprint density at radius 3 is 2.52 bits per heavy atom. The number of amides is 2. The molecule has 5 heteroatoms. The van der Waals surface area contributed by atoms with Crippen molar-refractivity contribution >= 4 is 12.1 Å². The largest absolute Gasteiger partial charge is 0.327 e. The number of allylic oxidation sites excluding steroid dienone is 1. The zero-order chi connectivity index (χ0) is 17.4. The van der Waals surface area contributed by atoms with Crippen LogP contribution in [0.25, 0.3) is 6.08 Å². The second kappa shape index (κ2) is 6.16. The fraction of sp³-hybridized carbons (Fsp3) is 0.150. The van der Waals surface area contributed by atoms with Gasteiger partial charge in [-0.2, -0.15) is 0 Å². The lowest BCUT2D eigenvalue weighted by Crippen LogP contribution is -2.43. The van der Waals surface area contributed by atoms with E-state index in [4.69, 9.17) is 0 Å². The maximum Gasteiger partial charge on any atom is 0.319 e. The van der Waals surface area contributed by atoms with Crippen molar-refractivity contribution in [1.29, 1.82) is 0 Å². The number of hydrogen-bond acceptors (Lipinski definition) is 1. The minimum Gasteiger partial charge on any atom is -0.327 e. The van der Waals surface area contributed by atoms with E-state index < -0.39 is 0 Å². The number of benzene rings is 2. The molecular formula is C20H16F2N2O. The van der Waals surface area contributed by atoms with Crippen LogP contribution >= 0.6 is 0 Å². The molecule has 0 bridgehead atoms. The van der Waals surface area contributed by atoms with E-state index in [1.54, 1.807) is 18.2 Å². The third-order valence-electron chi connectivity index (χ3n) is 4.54. The van der Waals surface area contributed by atoms with Gasteiger partial charge in [0.25, 0.3) is 0 Å². The molecule has 1 heterocycles. The maximum atomic E-state index is 13.6. The molecule has 2 N–H and O–H groups in total. The first-order valence-corrected chi connectivity index (χ1v) is 8.13. The van der Waals surface area contributed by atoms with Crippen molar-refractivity contribution in [3.63, 3.8) is 0 Å². The van der Waals surface area contributed by atoms with Gasteiger partial charge in [0.15, 0.2) is 0 Å². The lowest BCUT2D eigenvalue weighted by Gasteiger charge is -2.27. The van der Waals surface area contributed by atoms with E-state index in [1.165, 1.54) is 24.3 Å². The number of urea groups is 1. The summed E-state index contributed by atoms with van der Waals surface area (Å²) in [5.74, 6) is -0.630. The van der Waals surface area contributed by atoms with Gasteiger partial charge in [0.2, 0.25) is 0 Å². The molecular weight excluding hydrogens is 322 g/mol. The van der Waals surface area contributed by atoms with E-state index in [0.717, 1.165) is 35.2 Å². The minimum absolute atomic E-state index is 0.298. The zero-order valence-electron chi connectivity index (χ0n) is 13.4. The Bertz CT molecular complexity index is 917. The maximum absolute atomic E-state index is 13.6. The molecule has 2 aromatic carbocycles. The Morgan fingerprint density at radius 1 is 1.00 bits per heavy atom. The van der Waals surface area contributed by atoms with Crippen LogP contribution in [0.4, 0.5) is 13.6 Å². The van der Waals surface area contributed by atoms with Crippen LogP contribution in [-0.2, 0) is 0 Å². The number of nitrogens with one attached hydrogen (secondary N) is 2. The van der Waals surface area contributed by atoms with Crippen LogP contribution in [0.15, 0.2) is 65.4 Å². The van der Waals surface area contributed by atoms with Gasteiger partial charge >= 0.3 is 6.03 Å². The first-order valence-electron chi connectivity index (χ1n) is 8.13. The average molecular weight is 338 g/mol. The Morgan fingerprint density at radius 2 is 1.76 bits per heavy atom. The predicted octanol–water partition coefficient (Wildman–Crippen LogP) is 4.45. The average Bonchev–Trinajstić information content (AvgIpc) is 2.97. The molecule has 1 unspecified atom stereocenters. The summed E-state index contributed by atoms with van der Waals surface area (Å²) in [4.78, 5) is 12.1. The van der Waals surface area contributed by atoms with Gasteiger partial charge in [0.05, 0.1) is 6.04 Å². The molecule has 2 amide bonds. The fourth-order valence-electron chi connectivity index (χ4n) is 3.46. The Labute approximate surface area is 144 Å². The molecule has 1 aliphatic heterocycles. The van der Waals surface area contributed by atoms with Crippen LogP contribution < -0.4 is 10.6 Å². The van der Waals surface area contributed by atoms with Crippen molar-refractivity contribution in [1.82, 2.24) is 10.6 Å². The van der Waals surface area contributed by atoms with Crippen LogP contribution in [-0.4, -0.2) is 6.03 Å². The molecule has 2 aromatic rings. The highest BCUT2D eigenvalue weighted by Crippen LogP contribution is 2.40. The molecule has 0 fully saturated rings. The lowest BCUT2D eigenvalue weighted by atomic mass is 9.96. The van der Waals surface area contributed by atoms with Gasteiger partial charge < -0.3 is 10.6 Å². The third-order valence-corrected chi connectivity index (χ3v) is 4.54. The summed E-state index contributed by atoms with van der Waals surface area (Å²) in [6, 6.07) is 11.9. The molecule has 3 nitrogen and oxygen atoms in total. The van der Waals surface area contributed by atoms with Crippen molar-refractivity contribution in [3.8, 4) is 0 Å². The molecule has 126 valence electrons. The molecule has 1 aliphatic carbocycles. The first kappa shape index (κ1) is 15.6. The second-order valence-electron chi connectivity index (χ2n) is 6.21. The van der Waals surface area contributed by atoms with Crippen LogP contribution in [0.3, 0.4) is 0 Å². The number of rotatable bonds is 2. The molecule has 0 saturated carbocycles. The Balaban J connectivity index is 1.74. The molecule has 0 spiro atoms. The van der Waals surface area contributed by atoms with Gasteiger partial charge in [0.1, 0.15) is 11.6 Å². The highest BCUT2D eigenvalue weighted by Gasteiger charge is 2.33. The number of halogens is 2. The highest BCUT2D eigenvalue weighted by atomic mass is 19.1. The summed E-state index contributed by atoms with van der Waals surface area (Å²) in [7, 11) is 0. The third kappa shape index (κ3) is 3.05. The molecule has 0 radical (unpaired) electrons. The molecule has 2 aliphatic rings. The Hall–Kier alpha value is -2.95. The van der Waals surface area contributed by atoms with Crippen molar-refractivity contribution in [2.45, 2.75) is 18.9 Å².